The third-order valence-electron chi connectivity index (χ3n) is 3.96. The van der Waals surface area contributed by atoms with E-state index in [1.807, 2.05) is 0 Å². The van der Waals surface area contributed by atoms with Gasteiger partial charge >= 0.3 is 5.82 Å². The third-order valence-corrected chi connectivity index (χ3v) is 3.96. The predicted octanol–water partition coefficient (Wildman–Crippen LogP) is 1.41. The monoisotopic (exact) mass is 333 g/mol. The van der Waals surface area contributed by atoms with E-state index < -0.39 is 4.92 Å². The summed E-state index contributed by atoms with van der Waals surface area (Å²) in [5.41, 5.74) is 1.06. The largest absolute Gasteiger partial charge is 0.358 e. The molecule has 1 saturated heterocycles. The predicted molar refractivity (Wildman–Crippen MR) is 82.8 cm³/mol. The van der Waals surface area contributed by atoms with Crippen LogP contribution in [0.2, 0.25) is 0 Å². The number of aromatic nitrogens is 2. The van der Waals surface area contributed by atoms with Crippen molar-refractivity contribution in [2.24, 2.45) is 0 Å². The van der Waals surface area contributed by atoms with E-state index in [-0.39, 0.29) is 23.2 Å². The number of benzene rings is 1. The number of amides is 1. The number of aromatic amines is 1. The van der Waals surface area contributed by atoms with Crippen LogP contribution in [0.25, 0.3) is 0 Å². The van der Waals surface area contributed by atoms with Gasteiger partial charge in [0.25, 0.3) is 5.91 Å². The summed E-state index contributed by atoms with van der Waals surface area (Å²) in [5.74, 6) is -0.878. The first-order valence-corrected chi connectivity index (χ1v) is 7.49. The molecule has 0 atom stereocenters. The summed E-state index contributed by atoms with van der Waals surface area (Å²) in [7, 11) is 0. The van der Waals surface area contributed by atoms with E-state index in [2.05, 4.69) is 15.1 Å². The number of nitro groups is 1. The van der Waals surface area contributed by atoms with E-state index in [4.69, 9.17) is 0 Å². The quantitative estimate of drug-likeness (QED) is 0.674. The Balaban J connectivity index is 1.55. The number of H-pyrrole nitrogens is 1. The highest BCUT2D eigenvalue weighted by Gasteiger charge is 2.25. The highest BCUT2D eigenvalue weighted by Crippen LogP contribution is 2.14. The van der Waals surface area contributed by atoms with Crippen molar-refractivity contribution in [3.63, 3.8) is 0 Å². The van der Waals surface area contributed by atoms with Crippen LogP contribution in [0.4, 0.5) is 10.2 Å². The second kappa shape index (κ2) is 6.75. The summed E-state index contributed by atoms with van der Waals surface area (Å²) in [6.07, 6.45) is 0. The van der Waals surface area contributed by atoms with E-state index in [0.29, 0.717) is 32.7 Å². The topological polar surface area (TPSA) is 95.4 Å². The van der Waals surface area contributed by atoms with Crippen molar-refractivity contribution in [2.45, 2.75) is 6.54 Å². The molecule has 1 aromatic heterocycles. The van der Waals surface area contributed by atoms with E-state index in [1.54, 1.807) is 17.0 Å². The third kappa shape index (κ3) is 3.57. The van der Waals surface area contributed by atoms with Crippen molar-refractivity contribution < 1.29 is 14.1 Å². The normalized spacial score (nSPS) is 15.5. The highest BCUT2D eigenvalue weighted by atomic mass is 19.1. The second-order valence-electron chi connectivity index (χ2n) is 5.59. The lowest BCUT2D eigenvalue weighted by atomic mass is 10.2. The minimum atomic E-state index is -0.621. The molecule has 1 N–H and O–H groups in total. The number of nitrogens with one attached hydrogen (secondary N) is 1. The maximum atomic E-state index is 12.9. The van der Waals surface area contributed by atoms with Gasteiger partial charge in [-0.25, -0.2) is 4.39 Å². The van der Waals surface area contributed by atoms with Crippen LogP contribution in [-0.2, 0) is 6.54 Å². The van der Waals surface area contributed by atoms with Crippen LogP contribution in [0, 0.1) is 15.9 Å². The molecule has 0 saturated carbocycles. The number of carbonyl (C=O) groups excluding carboxylic acids is 1. The number of piperazine rings is 1. The van der Waals surface area contributed by atoms with Crippen LogP contribution in [-0.4, -0.2) is 57.0 Å². The Morgan fingerprint density at radius 3 is 2.50 bits per heavy atom. The molecule has 1 aromatic carbocycles. The average Bonchev–Trinajstić information content (AvgIpc) is 3.07. The van der Waals surface area contributed by atoms with Crippen molar-refractivity contribution in [3.8, 4) is 0 Å². The fourth-order valence-corrected chi connectivity index (χ4v) is 2.63. The molecule has 2 heterocycles. The van der Waals surface area contributed by atoms with E-state index in [9.17, 15) is 19.3 Å². The number of nitrogens with zero attached hydrogens (tertiary/aromatic N) is 4. The summed E-state index contributed by atoms with van der Waals surface area (Å²) >= 11 is 0. The molecule has 0 spiro atoms. The maximum absolute atomic E-state index is 12.9. The van der Waals surface area contributed by atoms with E-state index >= 15 is 0 Å². The Morgan fingerprint density at radius 1 is 1.25 bits per heavy atom. The van der Waals surface area contributed by atoms with Crippen LogP contribution in [0.15, 0.2) is 30.3 Å². The van der Waals surface area contributed by atoms with Crippen LogP contribution in [0.3, 0.4) is 0 Å². The minimum absolute atomic E-state index is 0.0497. The van der Waals surface area contributed by atoms with Gasteiger partial charge in [-0.3, -0.25) is 9.69 Å². The van der Waals surface area contributed by atoms with Crippen LogP contribution in [0.1, 0.15) is 16.1 Å². The maximum Gasteiger partial charge on any atom is 0.343 e. The summed E-state index contributed by atoms with van der Waals surface area (Å²) in [5, 5.41) is 16.6. The van der Waals surface area contributed by atoms with Gasteiger partial charge in [0.15, 0.2) is 5.69 Å². The summed E-state index contributed by atoms with van der Waals surface area (Å²) in [6, 6.07) is 7.50. The van der Waals surface area contributed by atoms with Crippen molar-refractivity contribution in [2.75, 3.05) is 26.2 Å². The molecule has 126 valence electrons. The first-order valence-electron chi connectivity index (χ1n) is 7.49. The number of carbonyl (C=O) groups is 1. The molecule has 2 aromatic rings. The fourth-order valence-electron chi connectivity index (χ4n) is 2.63. The fraction of sp³-hybridized carbons (Fsp3) is 0.333. The first-order chi connectivity index (χ1) is 11.5. The minimum Gasteiger partial charge on any atom is -0.358 e. The van der Waals surface area contributed by atoms with Gasteiger partial charge in [0, 0.05) is 32.7 Å². The van der Waals surface area contributed by atoms with Gasteiger partial charge in [0.05, 0.1) is 6.07 Å². The van der Waals surface area contributed by atoms with Crippen molar-refractivity contribution in [1.82, 2.24) is 20.0 Å². The Bertz CT molecular complexity index is 738. The molecule has 1 aliphatic rings. The lowest BCUT2D eigenvalue weighted by Crippen LogP contribution is -2.48. The smallest absolute Gasteiger partial charge is 0.343 e. The molecule has 0 unspecified atom stereocenters. The SMILES string of the molecule is O=C(c1cc([N+](=O)[O-])[nH]n1)N1CCN(Cc2ccc(F)cc2)CC1. The van der Waals surface area contributed by atoms with Gasteiger partial charge in [0.1, 0.15) is 5.82 Å². The van der Waals surface area contributed by atoms with Crippen LogP contribution < -0.4 is 0 Å². The molecule has 1 aliphatic heterocycles. The number of hydrogen-bond acceptors (Lipinski definition) is 5. The Labute approximate surface area is 137 Å². The summed E-state index contributed by atoms with van der Waals surface area (Å²) in [6.45, 7) is 3.07. The molecule has 0 bridgehead atoms. The molecule has 1 fully saturated rings. The summed E-state index contributed by atoms with van der Waals surface area (Å²) < 4.78 is 12.9. The van der Waals surface area contributed by atoms with Gasteiger partial charge < -0.3 is 15.0 Å². The van der Waals surface area contributed by atoms with Gasteiger partial charge in [0.2, 0.25) is 0 Å². The molecule has 8 nitrogen and oxygen atoms in total. The summed E-state index contributed by atoms with van der Waals surface area (Å²) in [4.78, 5) is 26.1. The van der Waals surface area contributed by atoms with Gasteiger partial charge in [-0.2, -0.15) is 0 Å². The van der Waals surface area contributed by atoms with Crippen molar-refractivity contribution in [1.29, 1.82) is 0 Å². The molecular weight excluding hydrogens is 317 g/mol. The average molecular weight is 333 g/mol. The van der Waals surface area contributed by atoms with Crippen LogP contribution in [0.5, 0.6) is 0 Å². The first kappa shape index (κ1) is 16.1. The Morgan fingerprint density at radius 2 is 1.92 bits per heavy atom. The lowest BCUT2D eigenvalue weighted by molar-refractivity contribution is -0.389. The highest BCUT2D eigenvalue weighted by molar-refractivity contribution is 5.92. The zero-order valence-electron chi connectivity index (χ0n) is 12.8. The lowest BCUT2D eigenvalue weighted by Gasteiger charge is -2.34. The molecule has 9 heteroatoms. The molecule has 1 amide bonds. The molecule has 0 aliphatic carbocycles. The number of halogens is 1. The number of hydrogen-bond donors (Lipinski definition) is 1. The second-order valence-corrected chi connectivity index (χ2v) is 5.59. The van der Waals surface area contributed by atoms with Gasteiger partial charge in [-0.05, 0) is 22.6 Å². The molecular formula is C15H16FN5O3. The van der Waals surface area contributed by atoms with Crippen molar-refractivity contribution >= 4 is 11.7 Å². The van der Waals surface area contributed by atoms with Crippen molar-refractivity contribution in [3.05, 3.63) is 57.5 Å². The molecule has 3 rings (SSSR count). The molecule has 24 heavy (non-hydrogen) atoms. The Kier molecular flexibility index (Phi) is 4.52. The zero-order valence-corrected chi connectivity index (χ0v) is 12.8. The standard InChI is InChI=1S/C15H16FN5O3/c16-12-3-1-11(2-4-12)10-19-5-7-20(8-6-19)15(22)13-9-14(18-17-13)21(23)24/h1-4,9H,5-8,10H2,(H,17,18). The number of rotatable bonds is 4. The van der Waals surface area contributed by atoms with Gasteiger partial charge in [-0.15, -0.1) is 5.10 Å². The molecule has 0 radical (unpaired) electrons. The Hall–Kier alpha value is -2.81. The van der Waals surface area contributed by atoms with Gasteiger partial charge in [-0.1, -0.05) is 17.2 Å². The van der Waals surface area contributed by atoms with E-state index in [1.165, 1.54) is 12.1 Å². The van der Waals surface area contributed by atoms with Crippen LogP contribution >= 0.6 is 0 Å². The zero-order chi connectivity index (χ0) is 17.1. The van der Waals surface area contributed by atoms with E-state index in [0.717, 1.165) is 11.6 Å².